The molecule has 0 saturated heterocycles. The molecule has 2 heterocycles. The van der Waals surface area contributed by atoms with Crippen molar-refractivity contribution < 1.29 is 27.8 Å². The van der Waals surface area contributed by atoms with Gasteiger partial charge in [0.15, 0.2) is 29.7 Å². The Kier molecular flexibility index (Phi) is 8.44. The highest BCUT2D eigenvalue weighted by molar-refractivity contribution is 6.37. The van der Waals surface area contributed by atoms with Gasteiger partial charge in [0.1, 0.15) is 12.2 Å². The molecule has 0 aliphatic carbocycles. The first kappa shape index (κ1) is 29.4. The monoisotopic (exact) mass is 619 g/mol. The third-order valence-electron chi connectivity index (χ3n) is 5.53. The molecule has 3 N–H and O–H groups in total. The van der Waals surface area contributed by atoms with Crippen molar-refractivity contribution in [2.24, 2.45) is 5.73 Å². The van der Waals surface area contributed by atoms with Crippen LogP contribution in [0, 0.1) is 0 Å². The number of benzene rings is 2. The van der Waals surface area contributed by atoms with Gasteiger partial charge in [-0.15, -0.1) is 10.2 Å². The number of hydrogen-bond acceptors (Lipinski definition) is 7. The van der Waals surface area contributed by atoms with Crippen LogP contribution in [0.15, 0.2) is 47.3 Å². The summed E-state index contributed by atoms with van der Waals surface area (Å²) >= 11 is 18.6. The van der Waals surface area contributed by atoms with Crippen molar-refractivity contribution >= 4 is 40.9 Å². The molecule has 0 aliphatic heterocycles. The molecule has 4 rings (SSSR count). The van der Waals surface area contributed by atoms with Crippen LogP contribution in [0.25, 0.3) is 17.1 Å². The van der Waals surface area contributed by atoms with Crippen molar-refractivity contribution in [1.29, 1.82) is 0 Å². The first-order valence-corrected chi connectivity index (χ1v) is 12.4. The van der Waals surface area contributed by atoms with Crippen molar-refractivity contribution in [2.75, 3.05) is 0 Å². The number of hydrogen-bond donors (Lipinski definition) is 2. The van der Waals surface area contributed by atoms with E-state index in [0.717, 1.165) is 4.68 Å². The quantitative estimate of drug-likeness (QED) is 0.298. The van der Waals surface area contributed by atoms with Gasteiger partial charge in [-0.25, -0.2) is 23.9 Å². The second-order valence-corrected chi connectivity index (χ2v) is 9.64. The standard InChI is InChI=1S/C23H19Cl3F3N7O4/c1-11(40-21(30)38)19-31-17(32-36(19)18-14(25)3-2-4-15(18)26)10-35-22(39)34(9-16(37)23(27,28)29)20(33-35)12-5-7-13(24)8-6-12/h2-8,11,16,37H,9-10H2,1H3,(H2,30,38)/t11-,16+/m1/s1. The van der Waals surface area contributed by atoms with E-state index in [-0.39, 0.29) is 38.8 Å². The smallest absolute Gasteiger partial charge is 0.416 e. The van der Waals surface area contributed by atoms with Gasteiger partial charge in [-0.2, -0.15) is 13.2 Å². The van der Waals surface area contributed by atoms with Gasteiger partial charge in [0.2, 0.25) is 0 Å². The van der Waals surface area contributed by atoms with E-state index in [9.17, 15) is 27.9 Å². The van der Waals surface area contributed by atoms with Gasteiger partial charge in [0, 0.05) is 10.6 Å². The Morgan fingerprint density at radius 3 is 2.30 bits per heavy atom. The zero-order valence-electron chi connectivity index (χ0n) is 20.3. The van der Waals surface area contributed by atoms with Gasteiger partial charge < -0.3 is 15.6 Å². The van der Waals surface area contributed by atoms with Crippen LogP contribution in [0.4, 0.5) is 18.0 Å². The minimum absolute atomic E-state index is 0.0294. The lowest BCUT2D eigenvalue weighted by atomic mass is 10.2. The number of alkyl halides is 3. The lowest BCUT2D eigenvalue weighted by molar-refractivity contribution is -0.207. The minimum Gasteiger partial charge on any atom is -0.438 e. The number of aliphatic hydroxyl groups excluding tert-OH is 1. The number of halogens is 6. The lowest BCUT2D eigenvalue weighted by Crippen LogP contribution is -2.37. The number of amides is 1. The molecule has 1 amide bonds. The number of aromatic nitrogens is 6. The Hall–Kier alpha value is -3.59. The van der Waals surface area contributed by atoms with Gasteiger partial charge in [0.25, 0.3) is 0 Å². The molecule has 0 fully saturated rings. The predicted octanol–water partition coefficient (Wildman–Crippen LogP) is 4.38. The SMILES string of the molecule is C[C@@H](OC(N)=O)c1nc(Cn2nc(-c3ccc(Cl)cc3)n(C[C@H](O)C(F)(F)F)c2=O)nn1-c1c(Cl)cccc1Cl. The molecule has 0 radical (unpaired) electrons. The largest absolute Gasteiger partial charge is 0.438 e. The molecule has 212 valence electrons. The van der Waals surface area contributed by atoms with E-state index in [1.807, 2.05) is 0 Å². The molecule has 0 saturated carbocycles. The summed E-state index contributed by atoms with van der Waals surface area (Å²) in [7, 11) is 0. The normalized spacial score (nSPS) is 13.3. The van der Waals surface area contributed by atoms with Crippen LogP contribution in [0.5, 0.6) is 0 Å². The molecule has 40 heavy (non-hydrogen) atoms. The number of aliphatic hydroxyl groups is 1. The highest BCUT2D eigenvalue weighted by Crippen LogP contribution is 2.31. The van der Waals surface area contributed by atoms with Gasteiger partial charge in [-0.1, -0.05) is 40.9 Å². The average Bonchev–Trinajstić information content (AvgIpc) is 3.40. The van der Waals surface area contributed by atoms with Crippen LogP contribution in [0.1, 0.15) is 24.7 Å². The van der Waals surface area contributed by atoms with E-state index in [1.54, 1.807) is 6.07 Å². The summed E-state index contributed by atoms with van der Waals surface area (Å²) in [6.07, 6.45) is -9.97. The Balaban J connectivity index is 1.82. The summed E-state index contributed by atoms with van der Waals surface area (Å²) in [5.41, 5.74) is 4.61. The van der Waals surface area contributed by atoms with Crippen LogP contribution in [-0.4, -0.2) is 52.6 Å². The maximum atomic E-state index is 13.2. The number of carbonyl (C=O) groups is 1. The lowest BCUT2D eigenvalue weighted by Gasteiger charge is -2.15. The van der Waals surface area contributed by atoms with Crippen molar-refractivity contribution in [3.05, 3.63) is 79.7 Å². The molecule has 0 unspecified atom stereocenters. The summed E-state index contributed by atoms with van der Waals surface area (Å²) < 4.78 is 47.2. The molecule has 4 aromatic rings. The van der Waals surface area contributed by atoms with Crippen LogP contribution in [0.3, 0.4) is 0 Å². The van der Waals surface area contributed by atoms with Gasteiger partial charge in [-0.05, 0) is 43.3 Å². The molecule has 0 spiro atoms. The summed E-state index contributed by atoms with van der Waals surface area (Å²) in [6, 6.07) is 10.5. The van der Waals surface area contributed by atoms with E-state index >= 15 is 0 Å². The minimum atomic E-state index is -4.99. The summed E-state index contributed by atoms with van der Waals surface area (Å²) in [5.74, 6) is -0.192. The fraction of sp³-hybridized carbons (Fsp3) is 0.261. The van der Waals surface area contributed by atoms with E-state index < -0.39 is 43.3 Å². The number of nitrogens with two attached hydrogens (primary N) is 1. The number of carbonyl (C=O) groups excluding carboxylic acids is 1. The summed E-state index contributed by atoms with van der Waals surface area (Å²) in [6.45, 7) is -0.0934. The van der Waals surface area contributed by atoms with Gasteiger partial charge in [0.05, 0.1) is 16.6 Å². The molecule has 11 nitrogen and oxygen atoms in total. The van der Waals surface area contributed by atoms with Crippen molar-refractivity contribution in [3.8, 4) is 17.1 Å². The third kappa shape index (κ3) is 6.25. The molecule has 0 bridgehead atoms. The molecule has 2 aromatic carbocycles. The van der Waals surface area contributed by atoms with Crippen LogP contribution in [-0.2, 0) is 17.8 Å². The zero-order chi connectivity index (χ0) is 29.4. The number of rotatable bonds is 8. The molecular formula is C23H19Cl3F3N7O4. The maximum absolute atomic E-state index is 13.2. The maximum Gasteiger partial charge on any atom is 0.416 e. The highest BCUT2D eigenvalue weighted by Gasteiger charge is 2.39. The van der Waals surface area contributed by atoms with Gasteiger partial charge in [-0.3, -0.25) is 4.57 Å². The number of primary amides is 1. The average molecular weight is 621 g/mol. The zero-order valence-corrected chi connectivity index (χ0v) is 22.6. The first-order chi connectivity index (χ1) is 18.8. The Morgan fingerprint density at radius 2 is 1.73 bits per heavy atom. The molecular weight excluding hydrogens is 602 g/mol. The Bertz CT molecular complexity index is 1580. The Labute approximate surface area is 238 Å². The fourth-order valence-electron chi connectivity index (χ4n) is 3.71. The third-order valence-corrected chi connectivity index (χ3v) is 6.39. The topological polar surface area (TPSA) is 143 Å². The van der Waals surface area contributed by atoms with E-state index in [0.29, 0.717) is 9.59 Å². The second kappa shape index (κ2) is 11.5. The highest BCUT2D eigenvalue weighted by atomic mass is 35.5. The number of nitrogens with zero attached hydrogens (tertiary/aromatic N) is 6. The van der Waals surface area contributed by atoms with Crippen LogP contribution < -0.4 is 11.4 Å². The Morgan fingerprint density at radius 1 is 1.10 bits per heavy atom. The molecule has 2 aromatic heterocycles. The van der Waals surface area contributed by atoms with Crippen molar-refractivity contribution in [1.82, 2.24) is 29.1 Å². The second-order valence-electron chi connectivity index (χ2n) is 8.39. The van der Waals surface area contributed by atoms with Crippen LogP contribution in [0.2, 0.25) is 15.1 Å². The van der Waals surface area contributed by atoms with Crippen molar-refractivity contribution in [3.63, 3.8) is 0 Å². The molecule has 2 atom stereocenters. The summed E-state index contributed by atoms with van der Waals surface area (Å²) in [5, 5.41) is 18.9. The first-order valence-electron chi connectivity index (χ1n) is 11.3. The predicted molar refractivity (Wildman–Crippen MR) is 139 cm³/mol. The van der Waals surface area contributed by atoms with Gasteiger partial charge >= 0.3 is 18.0 Å². The molecule has 0 aliphatic rings. The summed E-state index contributed by atoms with van der Waals surface area (Å²) in [4.78, 5) is 28.9. The molecule has 17 heteroatoms. The fourth-order valence-corrected chi connectivity index (χ4v) is 4.40. The van der Waals surface area contributed by atoms with E-state index in [2.05, 4.69) is 15.2 Å². The number of ether oxygens (including phenoxy) is 1. The number of para-hydroxylation sites is 1. The van der Waals surface area contributed by atoms with Crippen LogP contribution >= 0.6 is 34.8 Å². The van der Waals surface area contributed by atoms with E-state index in [4.69, 9.17) is 45.3 Å². The van der Waals surface area contributed by atoms with E-state index in [1.165, 1.54) is 48.0 Å². The van der Waals surface area contributed by atoms with Crippen molar-refractivity contribution in [2.45, 2.75) is 38.4 Å².